The first kappa shape index (κ1) is 20.7. The standard InChI is InChI=1S/C18H22BrN5O2.C2H6/c1-22-9-10-26-15-4-2-3-13(17(15)22)12-23-5-7-24(8-6-23)14-11-20-21-18(25)16(14)19;1-2/h2-4,11H,5-10,12H2,1H3,(H,21,25);1-2H3. The van der Waals surface area contributed by atoms with Crippen molar-refractivity contribution in [3.05, 3.63) is 44.8 Å². The largest absolute Gasteiger partial charge is 0.490 e. The zero-order valence-electron chi connectivity index (χ0n) is 16.7. The number of ether oxygens (including phenoxy) is 1. The smallest absolute Gasteiger partial charge is 0.280 e. The van der Waals surface area contributed by atoms with E-state index in [0.717, 1.165) is 57.3 Å². The summed E-state index contributed by atoms with van der Waals surface area (Å²) >= 11 is 3.37. The van der Waals surface area contributed by atoms with Crippen LogP contribution in [-0.2, 0) is 6.54 Å². The molecule has 1 aromatic carbocycles. The number of nitrogens with one attached hydrogen (secondary N) is 1. The predicted octanol–water partition coefficient (Wildman–Crippen LogP) is 2.71. The molecule has 152 valence electrons. The lowest BCUT2D eigenvalue weighted by Gasteiger charge is -2.37. The van der Waals surface area contributed by atoms with Crippen molar-refractivity contribution in [2.45, 2.75) is 20.4 Å². The topological polar surface area (TPSA) is 64.7 Å². The monoisotopic (exact) mass is 449 g/mol. The number of hydrogen-bond acceptors (Lipinski definition) is 6. The van der Waals surface area contributed by atoms with Crippen LogP contribution in [-0.4, -0.2) is 61.5 Å². The molecule has 2 aliphatic heterocycles. The van der Waals surface area contributed by atoms with Crippen LogP contribution in [0.1, 0.15) is 19.4 Å². The van der Waals surface area contributed by atoms with Gasteiger partial charge in [0.05, 0.1) is 24.1 Å². The van der Waals surface area contributed by atoms with Crippen LogP contribution in [0, 0.1) is 0 Å². The number of para-hydroxylation sites is 1. The lowest BCUT2D eigenvalue weighted by atomic mass is 10.1. The summed E-state index contributed by atoms with van der Waals surface area (Å²) in [4.78, 5) is 18.7. The average molecular weight is 450 g/mol. The first-order valence-electron chi connectivity index (χ1n) is 9.80. The summed E-state index contributed by atoms with van der Waals surface area (Å²) in [7, 11) is 2.13. The van der Waals surface area contributed by atoms with Gasteiger partial charge in [-0.1, -0.05) is 26.0 Å². The molecule has 0 saturated carbocycles. The molecule has 0 unspecified atom stereocenters. The number of aromatic nitrogens is 2. The number of likely N-dealkylation sites (N-methyl/N-ethyl adjacent to an activating group) is 1. The molecular weight excluding hydrogens is 422 g/mol. The second-order valence-corrected chi connectivity index (χ2v) is 7.49. The number of rotatable bonds is 3. The Bertz CT molecular complexity index is 849. The van der Waals surface area contributed by atoms with Crippen molar-refractivity contribution >= 4 is 27.3 Å². The minimum absolute atomic E-state index is 0.191. The summed E-state index contributed by atoms with van der Waals surface area (Å²) in [5, 5.41) is 6.37. The van der Waals surface area contributed by atoms with Crippen molar-refractivity contribution in [3.8, 4) is 5.75 Å². The average Bonchev–Trinajstić information content (AvgIpc) is 2.73. The fraction of sp³-hybridized carbons (Fsp3) is 0.500. The van der Waals surface area contributed by atoms with E-state index in [4.69, 9.17) is 4.74 Å². The minimum Gasteiger partial charge on any atom is -0.490 e. The maximum Gasteiger partial charge on any atom is 0.280 e. The third kappa shape index (κ3) is 4.33. The minimum atomic E-state index is -0.191. The molecule has 4 rings (SSSR count). The molecule has 3 heterocycles. The number of H-pyrrole nitrogens is 1. The molecule has 0 amide bonds. The second-order valence-electron chi connectivity index (χ2n) is 6.70. The zero-order chi connectivity index (χ0) is 20.1. The summed E-state index contributed by atoms with van der Waals surface area (Å²) in [6.45, 7) is 10.2. The van der Waals surface area contributed by atoms with E-state index in [1.54, 1.807) is 6.20 Å². The van der Waals surface area contributed by atoms with Gasteiger partial charge < -0.3 is 14.5 Å². The molecule has 0 bridgehead atoms. The molecule has 0 atom stereocenters. The number of aromatic amines is 1. The van der Waals surface area contributed by atoms with Gasteiger partial charge in [-0.25, -0.2) is 5.10 Å². The van der Waals surface area contributed by atoms with E-state index in [1.165, 1.54) is 11.3 Å². The highest BCUT2D eigenvalue weighted by Crippen LogP contribution is 2.35. The van der Waals surface area contributed by atoms with E-state index in [9.17, 15) is 4.79 Å². The van der Waals surface area contributed by atoms with E-state index in [-0.39, 0.29) is 5.56 Å². The first-order chi connectivity index (χ1) is 13.6. The maximum absolute atomic E-state index is 11.7. The van der Waals surface area contributed by atoms with Gasteiger partial charge in [0.25, 0.3) is 5.56 Å². The normalized spacial score (nSPS) is 16.7. The molecule has 8 heteroatoms. The van der Waals surface area contributed by atoms with Gasteiger partial charge in [-0.3, -0.25) is 9.69 Å². The number of hydrogen-bond donors (Lipinski definition) is 1. The van der Waals surface area contributed by atoms with Crippen molar-refractivity contribution in [3.63, 3.8) is 0 Å². The number of anilines is 2. The Hall–Kier alpha value is -2.06. The van der Waals surface area contributed by atoms with Crippen LogP contribution in [0.4, 0.5) is 11.4 Å². The lowest BCUT2D eigenvalue weighted by molar-refractivity contribution is 0.248. The summed E-state index contributed by atoms with van der Waals surface area (Å²) in [6, 6.07) is 6.31. The Kier molecular flexibility index (Phi) is 6.96. The van der Waals surface area contributed by atoms with Crippen molar-refractivity contribution in [1.82, 2.24) is 15.1 Å². The van der Waals surface area contributed by atoms with Gasteiger partial charge in [-0.2, -0.15) is 5.10 Å². The predicted molar refractivity (Wildman–Crippen MR) is 117 cm³/mol. The highest BCUT2D eigenvalue weighted by Gasteiger charge is 2.23. The number of halogens is 1. The number of fused-ring (bicyclic) bond motifs is 1. The first-order valence-corrected chi connectivity index (χ1v) is 10.6. The Balaban J connectivity index is 0.00000109. The molecule has 0 aliphatic carbocycles. The van der Waals surface area contributed by atoms with Gasteiger partial charge in [-0.05, 0) is 27.6 Å². The molecule has 28 heavy (non-hydrogen) atoms. The summed E-state index contributed by atoms with van der Waals surface area (Å²) in [5.41, 5.74) is 3.18. The number of benzene rings is 1. The van der Waals surface area contributed by atoms with Crippen LogP contribution in [0.25, 0.3) is 0 Å². The van der Waals surface area contributed by atoms with E-state index in [0.29, 0.717) is 4.47 Å². The molecule has 0 radical (unpaired) electrons. The van der Waals surface area contributed by atoms with Crippen LogP contribution < -0.4 is 20.1 Å². The number of piperazine rings is 1. The molecule has 2 aliphatic rings. The fourth-order valence-electron chi connectivity index (χ4n) is 3.63. The van der Waals surface area contributed by atoms with E-state index >= 15 is 0 Å². The summed E-state index contributed by atoms with van der Waals surface area (Å²) < 4.78 is 6.36. The molecule has 1 aromatic heterocycles. The molecule has 1 fully saturated rings. The van der Waals surface area contributed by atoms with E-state index in [1.807, 2.05) is 19.9 Å². The summed E-state index contributed by atoms with van der Waals surface area (Å²) in [6.07, 6.45) is 1.71. The van der Waals surface area contributed by atoms with Gasteiger partial charge in [0.15, 0.2) is 0 Å². The quantitative estimate of drug-likeness (QED) is 0.776. The SMILES string of the molecule is CC.CN1CCOc2cccc(CN3CCN(c4cn[nH]c(=O)c4Br)CC3)c21. The summed E-state index contributed by atoms with van der Waals surface area (Å²) in [5.74, 6) is 0.980. The third-order valence-corrected chi connectivity index (χ3v) is 5.80. The van der Waals surface area contributed by atoms with Crippen LogP contribution in [0.15, 0.2) is 33.7 Å². The van der Waals surface area contributed by atoms with Gasteiger partial charge in [0.2, 0.25) is 0 Å². The van der Waals surface area contributed by atoms with Crippen molar-refractivity contribution in [1.29, 1.82) is 0 Å². The maximum atomic E-state index is 11.7. The molecule has 1 saturated heterocycles. The second kappa shape index (κ2) is 9.43. The Labute approximate surface area is 174 Å². The van der Waals surface area contributed by atoms with E-state index in [2.05, 4.69) is 60.0 Å². The van der Waals surface area contributed by atoms with Gasteiger partial charge in [-0.15, -0.1) is 0 Å². The van der Waals surface area contributed by atoms with Crippen molar-refractivity contribution in [2.24, 2.45) is 0 Å². The zero-order valence-corrected chi connectivity index (χ0v) is 18.3. The van der Waals surface area contributed by atoms with E-state index < -0.39 is 0 Å². The molecule has 2 aromatic rings. The van der Waals surface area contributed by atoms with Gasteiger partial charge >= 0.3 is 0 Å². The van der Waals surface area contributed by atoms with Crippen LogP contribution in [0.2, 0.25) is 0 Å². The van der Waals surface area contributed by atoms with Crippen LogP contribution in [0.3, 0.4) is 0 Å². The Morgan fingerprint density at radius 3 is 2.68 bits per heavy atom. The van der Waals surface area contributed by atoms with Crippen LogP contribution >= 0.6 is 15.9 Å². The highest BCUT2D eigenvalue weighted by molar-refractivity contribution is 9.10. The highest BCUT2D eigenvalue weighted by atomic mass is 79.9. The molecule has 1 N–H and O–H groups in total. The fourth-order valence-corrected chi connectivity index (χ4v) is 4.07. The lowest BCUT2D eigenvalue weighted by Crippen LogP contribution is -2.46. The Morgan fingerprint density at radius 1 is 1.18 bits per heavy atom. The number of nitrogens with zero attached hydrogens (tertiary/aromatic N) is 4. The molecular formula is C20H28BrN5O2. The van der Waals surface area contributed by atoms with Crippen molar-refractivity contribution in [2.75, 3.05) is 56.2 Å². The van der Waals surface area contributed by atoms with Gasteiger partial charge in [0.1, 0.15) is 16.8 Å². The Morgan fingerprint density at radius 2 is 1.93 bits per heavy atom. The molecule has 7 nitrogen and oxygen atoms in total. The third-order valence-electron chi connectivity index (χ3n) is 5.03. The van der Waals surface area contributed by atoms with Crippen molar-refractivity contribution < 1.29 is 4.74 Å². The molecule has 0 spiro atoms. The van der Waals surface area contributed by atoms with Crippen LogP contribution in [0.5, 0.6) is 5.75 Å². The van der Waals surface area contributed by atoms with Gasteiger partial charge in [0, 0.05) is 39.8 Å².